The van der Waals surface area contributed by atoms with Crippen molar-refractivity contribution in [2.45, 2.75) is 32.0 Å². The molecule has 1 saturated heterocycles. The summed E-state index contributed by atoms with van der Waals surface area (Å²) in [6, 6.07) is 2.64. The maximum atomic E-state index is 13.1. The van der Waals surface area contributed by atoms with Gasteiger partial charge in [-0.25, -0.2) is 28.4 Å². The lowest BCUT2D eigenvalue weighted by molar-refractivity contribution is -0.142. The molecule has 7 nitrogen and oxygen atoms in total. The molecule has 31 heavy (non-hydrogen) atoms. The third kappa shape index (κ3) is 4.83. The molecular weight excluding hydrogens is 423 g/mol. The number of anilines is 1. The molecule has 1 aliphatic heterocycles. The van der Waals surface area contributed by atoms with Crippen molar-refractivity contribution >= 4 is 17.0 Å². The highest BCUT2D eigenvalue weighted by Crippen LogP contribution is 2.34. The van der Waals surface area contributed by atoms with Crippen LogP contribution in [0.25, 0.3) is 11.2 Å². The highest BCUT2D eigenvalue weighted by atomic mass is 19.4. The summed E-state index contributed by atoms with van der Waals surface area (Å²) in [7, 11) is 0. The molecule has 0 bridgehead atoms. The van der Waals surface area contributed by atoms with Crippen LogP contribution in [-0.4, -0.2) is 50.9 Å². The second-order valence-electron chi connectivity index (χ2n) is 7.27. The third-order valence-electron chi connectivity index (χ3n) is 5.00. The third-order valence-corrected chi connectivity index (χ3v) is 5.00. The summed E-state index contributed by atoms with van der Waals surface area (Å²) in [5.41, 5.74) is -0.370. The van der Waals surface area contributed by atoms with Crippen LogP contribution in [0, 0.1) is 5.92 Å². The lowest BCUT2D eigenvalue weighted by atomic mass is 9.99. The van der Waals surface area contributed by atoms with Gasteiger partial charge in [-0.15, -0.1) is 0 Å². The van der Waals surface area contributed by atoms with Gasteiger partial charge in [0.2, 0.25) is 0 Å². The van der Waals surface area contributed by atoms with Gasteiger partial charge >= 0.3 is 6.18 Å². The maximum absolute atomic E-state index is 13.1. The summed E-state index contributed by atoms with van der Waals surface area (Å²) in [5.74, 6) is 0.160. The quantitative estimate of drug-likeness (QED) is 0.541. The summed E-state index contributed by atoms with van der Waals surface area (Å²) in [6.07, 6.45) is -1.61. The molecule has 0 amide bonds. The van der Waals surface area contributed by atoms with Crippen molar-refractivity contribution < 1.29 is 26.7 Å². The Bertz CT molecular complexity index is 1040. The van der Waals surface area contributed by atoms with Crippen molar-refractivity contribution in [2.75, 3.05) is 24.6 Å². The normalized spacial score (nSPS) is 17.5. The standard InChI is InChI=1S/C19H19F5N6O/c20-15(21)10-30-18-13(7-27-30)26-8-16(28-18)29-6-2-3-12(9-29)11-31-14-4-1-5-25-17(14)19(22,23)24/h1,4-5,7-8,12,15H,2-3,6,9-11H2. The van der Waals surface area contributed by atoms with E-state index in [1.807, 2.05) is 4.90 Å². The Morgan fingerprint density at radius 1 is 1.19 bits per heavy atom. The number of rotatable bonds is 6. The fourth-order valence-corrected chi connectivity index (χ4v) is 3.59. The van der Waals surface area contributed by atoms with Gasteiger partial charge in [-0.1, -0.05) is 0 Å². The minimum Gasteiger partial charge on any atom is -0.491 e. The van der Waals surface area contributed by atoms with E-state index in [9.17, 15) is 22.0 Å². The van der Waals surface area contributed by atoms with Gasteiger partial charge in [0.15, 0.2) is 11.3 Å². The van der Waals surface area contributed by atoms with Gasteiger partial charge in [0.1, 0.15) is 23.6 Å². The predicted molar refractivity (Wildman–Crippen MR) is 101 cm³/mol. The van der Waals surface area contributed by atoms with Crippen LogP contribution < -0.4 is 9.64 Å². The second kappa shape index (κ2) is 8.60. The lowest BCUT2D eigenvalue weighted by Gasteiger charge is -2.33. The van der Waals surface area contributed by atoms with Gasteiger partial charge in [0.05, 0.1) is 19.0 Å². The first kappa shape index (κ1) is 21.2. The smallest absolute Gasteiger partial charge is 0.437 e. The van der Waals surface area contributed by atoms with Crippen molar-refractivity contribution in [2.24, 2.45) is 5.92 Å². The highest BCUT2D eigenvalue weighted by Gasteiger charge is 2.36. The first-order chi connectivity index (χ1) is 14.8. The van der Waals surface area contributed by atoms with E-state index < -0.39 is 24.8 Å². The van der Waals surface area contributed by atoms with Crippen LogP contribution in [0.15, 0.2) is 30.7 Å². The van der Waals surface area contributed by atoms with Crippen LogP contribution in [0.3, 0.4) is 0 Å². The average molecular weight is 442 g/mol. The molecule has 1 atom stereocenters. The molecule has 3 aromatic heterocycles. The summed E-state index contributed by atoms with van der Waals surface area (Å²) in [6.45, 7) is 0.667. The van der Waals surface area contributed by atoms with Gasteiger partial charge in [-0.05, 0) is 25.0 Å². The van der Waals surface area contributed by atoms with Crippen molar-refractivity contribution in [3.63, 3.8) is 0 Å². The zero-order valence-electron chi connectivity index (χ0n) is 16.3. The average Bonchev–Trinajstić information content (AvgIpc) is 3.13. The molecule has 0 radical (unpaired) electrons. The number of alkyl halides is 5. The van der Waals surface area contributed by atoms with Gasteiger partial charge in [-0.2, -0.15) is 18.3 Å². The number of halogens is 5. The number of fused-ring (bicyclic) bond motifs is 1. The van der Waals surface area contributed by atoms with Crippen LogP contribution in [0.2, 0.25) is 0 Å². The Labute approximate surface area is 173 Å². The Hall–Kier alpha value is -3.05. The summed E-state index contributed by atoms with van der Waals surface area (Å²) >= 11 is 0. The molecule has 12 heteroatoms. The van der Waals surface area contributed by atoms with E-state index in [2.05, 4.69) is 20.1 Å². The van der Waals surface area contributed by atoms with E-state index in [0.29, 0.717) is 24.4 Å². The monoisotopic (exact) mass is 442 g/mol. The molecule has 0 aliphatic carbocycles. The fourth-order valence-electron chi connectivity index (χ4n) is 3.59. The van der Waals surface area contributed by atoms with Crippen LogP contribution in [0.5, 0.6) is 5.75 Å². The molecule has 0 N–H and O–H groups in total. The van der Waals surface area contributed by atoms with Crippen LogP contribution in [0.1, 0.15) is 18.5 Å². The number of nitrogens with zero attached hydrogens (tertiary/aromatic N) is 6. The predicted octanol–water partition coefficient (Wildman–Crippen LogP) is 3.80. The minimum absolute atomic E-state index is 0.0430. The first-order valence-electron chi connectivity index (χ1n) is 9.68. The zero-order valence-corrected chi connectivity index (χ0v) is 16.3. The van der Waals surface area contributed by atoms with E-state index in [1.165, 1.54) is 18.3 Å². The molecule has 4 heterocycles. The minimum atomic E-state index is -4.60. The SMILES string of the molecule is FC(F)Cn1ncc2ncc(N3CCCC(COc4cccnc4C(F)(F)F)C3)nc21. The molecule has 0 aromatic carbocycles. The van der Waals surface area contributed by atoms with Crippen LogP contribution in [-0.2, 0) is 12.7 Å². The molecule has 4 rings (SSSR count). The maximum Gasteiger partial charge on any atom is 0.437 e. The number of piperidine rings is 1. The Kier molecular flexibility index (Phi) is 5.88. The van der Waals surface area contributed by atoms with E-state index in [0.717, 1.165) is 23.7 Å². The summed E-state index contributed by atoms with van der Waals surface area (Å²) in [4.78, 5) is 14.0. The Balaban J connectivity index is 1.46. The first-order valence-corrected chi connectivity index (χ1v) is 9.68. The zero-order chi connectivity index (χ0) is 22.0. The molecular formula is C19H19F5N6O. The van der Waals surface area contributed by atoms with E-state index in [-0.39, 0.29) is 23.9 Å². The topological polar surface area (TPSA) is 69.0 Å². The van der Waals surface area contributed by atoms with Gasteiger partial charge in [0.25, 0.3) is 6.43 Å². The Morgan fingerprint density at radius 2 is 2.03 bits per heavy atom. The van der Waals surface area contributed by atoms with Gasteiger partial charge < -0.3 is 9.64 Å². The number of ether oxygens (including phenoxy) is 1. The highest BCUT2D eigenvalue weighted by molar-refractivity contribution is 5.71. The van der Waals surface area contributed by atoms with Crippen molar-refractivity contribution in [1.29, 1.82) is 0 Å². The van der Waals surface area contributed by atoms with Gasteiger partial charge in [-0.3, -0.25) is 0 Å². The van der Waals surface area contributed by atoms with Crippen molar-refractivity contribution in [3.05, 3.63) is 36.4 Å². The largest absolute Gasteiger partial charge is 0.491 e. The molecule has 166 valence electrons. The van der Waals surface area contributed by atoms with Crippen LogP contribution in [0.4, 0.5) is 27.8 Å². The van der Waals surface area contributed by atoms with Crippen LogP contribution >= 0.6 is 0 Å². The van der Waals surface area contributed by atoms with E-state index >= 15 is 0 Å². The molecule has 1 fully saturated rings. The molecule has 0 spiro atoms. The molecule has 3 aromatic rings. The molecule has 1 unspecified atom stereocenters. The Morgan fingerprint density at radius 3 is 2.81 bits per heavy atom. The fraction of sp³-hybridized carbons (Fsp3) is 0.474. The van der Waals surface area contributed by atoms with E-state index in [4.69, 9.17) is 4.74 Å². The van der Waals surface area contributed by atoms with Crippen molar-refractivity contribution in [3.8, 4) is 5.75 Å². The molecule has 0 saturated carbocycles. The second-order valence-corrected chi connectivity index (χ2v) is 7.27. The number of hydrogen-bond donors (Lipinski definition) is 0. The summed E-state index contributed by atoms with van der Waals surface area (Å²) in [5, 5.41) is 3.90. The van der Waals surface area contributed by atoms with Crippen molar-refractivity contribution in [1.82, 2.24) is 24.7 Å². The summed E-state index contributed by atoms with van der Waals surface area (Å²) < 4.78 is 71.4. The van der Waals surface area contributed by atoms with E-state index in [1.54, 1.807) is 6.20 Å². The number of pyridine rings is 1. The number of aromatic nitrogens is 5. The molecule has 1 aliphatic rings. The van der Waals surface area contributed by atoms with Gasteiger partial charge in [0, 0.05) is 25.2 Å². The lowest BCUT2D eigenvalue weighted by Crippen LogP contribution is -2.38. The number of hydrogen-bond acceptors (Lipinski definition) is 6.